The second-order valence-electron chi connectivity index (χ2n) is 3.91. The summed E-state index contributed by atoms with van der Waals surface area (Å²) >= 11 is 0. The molecule has 0 bridgehead atoms. The molecule has 6 nitrogen and oxygen atoms in total. The minimum Gasteiger partial charge on any atom is -0.478 e. The highest BCUT2D eigenvalue weighted by molar-refractivity contribution is 5.92. The van der Waals surface area contributed by atoms with E-state index in [9.17, 15) is 4.79 Å². The number of furan rings is 1. The maximum Gasteiger partial charge on any atom is 0.339 e. The Bertz CT molecular complexity index is 565. The minimum atomic E-state index is -1.05. The van der Waals surface area contributed by atoms with Crippen LogP contribution in [0, 0.1) is 6.92 Å². The number of aromatic nitrogens is 2. The van der Waals surface area contributed by atoms with Crippen LogP contribution >= 0.6 is 0 Å². The quantitative estimate of drug-likeness (QED) is 0.861. The molecule has 0 amide bonds. The smallest absolute Gasteiger partial charge is 0.339 e. The lowest BCUT2D eigenvalue weighted by Crippen LogP contribution is -2.12. The second-order valence-corrected chi connectivity index (χ2v) is 3.91. The number of carboxylic acids is 1. The fourth-order valence-electron chi connectivity index (χ4n) is 1.57. The van der Waals surface area contributed by atoms with Gasteiger partial charge < -0.3 is 14.8 Å². The lowest BCUT2D eigenvalue weighted by Gasteiger charge is -2.12. The lowest BCUT2D eigenvalue weighted by molar-refractivity contribution is 0.0697. The Hall–Kier alpha value is -2.37. The highest BCUT2D eigenvalue weighted by Crippen LogP contribution is 2.21. The van der Waals surface area contributed by atoms with E-state index < -0.39 is 5.97 Å². The SMILES string of the molecule is Cc1ccc(C(C)Nc2nnccc2C(=O)O)o1. The van der Waals surface area contributed by atoms with Crippen LogP contribution in [0.3, 0.4) is 0 Å². The van der Waals surface area contributed by atoms with Gasteiger partial charge in [-0.1, -0.05) is 0 Å². The van der Waals surface area contributed by atoms with Crippen molar-refractivity contribution in [1.29, 1.82) is 0 Å². The number of nitrogens with zero attached hydrogens (tertiary/aromatic N) is 2. The van der Waals surface area contributed by atoms with Gasteiger partial charge in [0.2, 0.25) is 0 Å². The average molecular weight is 247 g/mol. The molecule has 0 spiro atoms. The number of rotatable bonds is 4. The number of hydrogen-bond donors (Lipinski definition) is 2. The van der Waals surface area contributed by atoms with Crippen molar-refractivity contribution in [3.63, 3.8) is 0 Å². The summed E-state index contributed by atoms with van der Waals surface area (Å²) in [6.45, 7) is 3.71. The molecule has 0 aromatic carbocycles. The van der Waals surface area contributed by atoms with Gasteiger partial charge in [-0.25, -0.2) is 4.79 Å². The van der Waals surface area contributed by atoms with Gasteiger partial charge in [-0.3, -0.25) is 0 Å². The molecule has 2 N–H and O–H groups in total. The molecule has 0 radical (unpaired) electrons. The van der Waals surface area contributed by atoms with Gasteiger partial charge in [-0.2, -0.15) is 5.10 Å². The molecule has 18 heavy (non-hydrogen) atoms. The van der Waals surface area contributed by atoms with Crippen molar-refractivity contribution in [2.45, 2.75) is 19.9 Å². The number of hydrogen-bond acceptors (Lipinski definition) is 5. The molecule has 0 aliphatic heterocycles. The van der Waals surface area contributed by atoms with Crippen LogP contribution in [-0.2, 0) is 0 Å². The van der Waals surface area contributed by atoms with E-state index in [0.717, 1.165) is 11.5 Å². The van der Waals surface area contributed by atoms with E-state index in [0.29, 0.717) is 0 Å². The zero-order valence-electron chi connectivity index (χ0n) is 10.0. The first-order chi connectivity index (χ1) is 8.58. The van der Waals surface area contributed by atoms with Crippen molar-refractivity contribution in [3.8, 4) is 0 Å². The van der Waals surface area contributed by atoms with Gasteiger partial charge in [-0.15, -0.1) is 5.10 Å². The number of carbonyl (C=O) groups is 1. The van der Waals surface area contributed by atoms with Gasteiger partial charge in [-0.05, 0) is 32.0 Å². The van der Waals surface area contributed by atoms with Gasteiger partial charge in [0.05, 0.1) is 12.2 Å². The molecule has 0 aliphatic carbocycles. The molecule has 0 aliphatic rings. The Kier molecular flexibility index (Phi) is 3.27. The predicted octanol–water partition coefficient (Wildman–Crippen LogP) is 2.25. The molecule has 2 aromatic heterocycles. The fourth-order valence-corrected chi connectivity index (χ4v) is 1.57. The van der Waals surface area contributed by atoms with E-state index in [1.807, 2.05) is 26.0 Å². The normalized spacial score (nSPS) is 12.1. The number of nitrogens with one attached hydrogen (secondary N) is 1. The fraction of sp³-hybridized carbons (Fsp3) is 0.250. The van der Waals surface area contributed by atoms with Crippen molar-refractivity contribution in [1.82, 2.24) is 10.2 Å². The molecule has 0 fully saturated rings. The highest BCUT2D eigenvalue weighted by atomic mass is 16.4. The Morgan fingerprint density at radius 3 is 2.83 bits per heavy atom. The number of aryl methyl sites for hydroxylation is 1. The maximum absolute atomic E-state index is 11.0. The summed E-state index contributed by atoms with van der Waals surface area (Å²) in [7, 11) is 0. The topological polar surface area (TPSA) is 88.2 Å². The zero-order valence-corrected chi connectivity index (χ0v) is 10.0. The molecular formula is C12H13N3O3. The van der Waals surface area contributed by atoms with Crippen LogP contribution < -0.4 is 5.32 Å². The predicted molar refractivity (Wildman–Crippen MR) is 64.5 cm³/mol. The highest BCUT2D eigenvalue weighted by Gasteiger charge is 2.16. The average Bonchev–Trinajstić information content (AvgIpc) is 2.76. The molecule has 1 atom stereocenters. The minimum absolute atomic E-state index is 0.0835. The number of carboxylic acid groups (broad SMARTS) is 1. The van der Waals surface area contributed by atoms with Gasteiger partial charge in [0, 0.05) is 0 Å². The molecule has 6 heteroatoms. The monoisotopic (exact) mass is 247 g/mol. The van der Waals surface area contributed by atoms with Crippen LogP contribution in [-0.4, -0.2) is 21.3 Å². The first-order valence-electron chi connectivity index (χ1n) is 5.46. The van der Waals surface area contributed by atoms with E-state index in [1.54, 1.807) is 0 Å². The molecule has 2 heterocycles. The summed E-state index contributed by atoms with van der Waals surface area (Å²) in [5, 5.41) is 19.5. The largest absolute Gasteiger partial charge is 0.478 e. The van der Waals surface area contributed by atoms with Crippen LogP contribution in [0.2, 0.25) is 0 Å². The standard InChI is InChI=1S/C12H13N3O3/c1-7-3-4-10(18-7)8(2)14-11-9(12(16)17)5-6-13-15-11/h3-6,8H,1-2H3,(H,14,15)(H,16,17). The second kappa shape index (κ2) is 4.87. The van der Waals surface area contributed by atoms with Crippen molar-refractivity contribution in [2.75, 3.05) is 5.32 Å². The Labute approximate surface area is 104 Å². The number of anilines is 1. The van der Waals surface area contributed by atoms with Crippen LogP contribution in [0.25, 0.3) is 0 Å². The summed E-state index contributed by atoms with van der Waals surface area (Å²) in [5.41, 5.74) is 0.0835. The first-order valence-corrected chi connectivity index (χ1v) is 5.46. The van der Waals surface area contributed by atoms with E-state index in [4.69, 9.17) is 9.52 Å². The summed E-state index contributed by atoms with van der Waals surface area (Å²) in [6.07, 6.45) is 1.34. The van der Waals surface area contributed by atoms with E-state index >= 15 is 0 Å². The van der Waals surface area contributed by atoms with Crippen molar-refractivity contribution in [2.24, 2.45) is 0 Å². The Morgan fingerprint density at radius 2 is 2.22 bits per heavy atom. The van der Waals surface area contributed by atoms with Gasteiger partial charge in [0.15, 0.2) is 5.82 Å². The lowest BCUT2D eigenvalue weighted by atomic mass is 10.2. The van der Waals surface area contributed by atoms with E-state index in [2.05, 4.69) is 15.5 Å². The summed E-state index contributed by atoms with van der Waals surface area (Å²) in [5.74, 6) is 0.701. The molecule has 0 saturated heterocycles. The zero-order chi connectivity index (χ0) is 13.1. The third-order valence-electron chi connectivity index (χ3n) is 2.49. The summed E-state index contributed by atoms with van der Waals surface area (Å²) in [4.78, 5) is 11.0. The third kappa shape index (κ3) is 2.48. The van der Waals surface area contributed by atoms with Crippen LogP contribution in [0.1, 0.15) is 34.8 Å². The van der Waals surface area contributed by atoms with Gasteiger partial charge >= 0.3 is 5.97 Å². The molecular weight excluding hydrogens is 234 g/mol. The first kappa shape index (κ1) is 12.1. The van der Waals surface area contributed by atoms with Crippen LogP contribution in [0.5, 0.6) is 0 Å². The molecule has 94 valence electrons. The summed E-state index contributed by atoms with van der Waals surface area (Å²) < 4.78 is 5.46. The van der Waals surface area contributed by atoms with E-state index in [1.165, 1.54) is 12.3 Å². The molecule has 2 aromatic rings. The Balaban J connectivity index is 2.21. The molecule has 2 rings (SSSR count). The Morgan fingerprint density at radius 1 is 1.44 bits per heavy atom. The van der Waals surface area contributed by atoms with Crippen molar-refractivity contribution < 1.29 is 14.3 Å². The third-order valence-corrected chi connectivity index (χ3v) is 2.49. The maximum atomic E-state index is 11.0. The molecule has 1 unspecified atom stereocenters. The summed E-state index contributed by atoms with van der Waals surface area (Å²) in [6, 6.07) is 4.90. The van der Waals surface area contributed by atoms with E-state index in [-0.39, 0.29) is 17.4 Å². The van der Waals surface area contributed by atoms with Gasteiger partial charge in [0.1, 0.15) is 17.1 Å². The van der Waals surface area contributed by atoms with Gasteiger partial charge in [0.25, 0.3) is 0 Å². The van der Waals surface area contributed by atoms with Crippen molar-refractivity contribution in [3.05, 3.63) is 41.5 Å². The van der Waals surface area contributed by atoms with Crippen LogP contribution in [0.4, 0.5) is 5.82 Å². The van der Waals surface area contributed by atoms with Crippen LogP contribution in [0.15, 0.2) is 28.8 Å². The molecule has 0 saturated carbocycles. The van der Waals surface area contributed by atoms with Crippen molar-refractivity contribution >= 4 is 11.8 Å². The number of aromatic carboxylic acids is 1.